The molecule has 3 heteroatoms. The van der Waals surface area contributed by atoms with Crippen molar-refractivity contribution >= 4 is 5.97 Å². The van der Waals surface area contributed by atoms with Gasteiger partial charge in [0, 0.05) is 13.0 Å². The van der Waals surface area contributed by atoms with E-state index in [1.165, 1.54) is 0 Å². The van der Waals surface area contributed by atoms with Gasteiger partial charge in [-0.15, -0.1) is 0 Å². The van der Waals surface area contributed by atoms with E-state index in [-0.39, 0.29) is 17.5 Å². The molecule has 0 N–H and O–H groups in total. The Bertz CT molecular complexity index is 243. The fourth-order valence-electron chi connectivity index (χ4n) is 2.20. The van der Waals surface area contributed by atoms with Crippen LogP contribution in [0, 0.1) is 11.3 Å². The first-order valence-electron chi connectivity index (χ1n) is 7.51. The molecule has 0 saturated carbocycles. The lowest BCUT2D eigenvalue weighted by atomic mass is 9.84. The summed E-state index contributed by atoms with van der Waals surface area (Å²) in [6.07, 6.45) is 3.56. The lowest BCUT2D eigenvalue weighted by Gasteiger charge is -2.23. The average Bonchev–Trinajstić information content (AvgIpc) is 2.21. The van der Waals surface area contributed by atoms with Crippen molar-refractivity contribution in [2.45, 2.75) is 73.3 Å². The number of rotatable bonds is 9. The van der Waals surface area contributed by atoms with Crippen LogP contribution in [0.25, 0.3) is 0 Å². The molecule has 2 atom stereocenters. The molecular weight excluding hydrogens is 240 g/mol. The predicted molar refractivity (Wildman–Crippen MR) is 79.1 cm³/mol. The molecule has 0 aliphatic carbocycles. The van der Waals surface area contributed by atoms with E-state index in [4.69, 9.17) is 9.47 Å². The summed E-state index contributed by atoms with van der Waals surface area (Å²) >= 11 is 0. The highest BCUT2D eigenvalue weighted by Gasteiger charge is 2.19. The Morgan fingerprint density at radius 3 is 2.37 bits per heavy atom. The van der Waals surface area contributed by atoms with E-state index < -0.39 is 0 Å². The van der Waals surface area contributed by atoms with E-state index in [0.29, 0.717) is 18.9 Å². The van der Waals surface area contributed by atoms with E-state index in [2.05, 4.69) is 34.6 Å². The van der Waals surface area contributed by atoms with Gasteiger partial charge in [-0.3, -0.25) is 4.79 Å². The molecule has 0 radical (unpaired) electrons. The number of hydrogen-bond acceptors (Lipinski definition) is 3. The highest BCUT2D eigenvalue weighted by Crippen LogP contribution is 2.26. The van der Waals surface area contributed by atoms with Crippen molar-refractivity contribution in [1.82, 2.24) is 0 Å². The van der Waals surface area contributed by atoms with Gasteiger partial charge in [0.15, 0.2) is 0 Å². The second-order valence-electron chi connectivity index (χ2n) is 6.80. The topological polar surface area (TPSA) is 35.5 Å². The maximum atomic E-state index is 11.8. The van der Waals surface area contributed by atoms with Crippen molar-refractivity contribution < 1.29 is 14.3 Å². The first-order valence-corrected chi connectivity index (χ1v) is 7.51. The summed E-state index contributed by atoms with van der Waals surface area (Å²) < 4.78 is 10.8. The second kappa shape index (κ2) is 9.35. The summed E-state index contributed by atoms with van der Waals surface area (Å²) in [5.41, 5.74) is 0.259. The Balaban J connectivity index is 3.78. The van der Waals surface area contributed by atoms with E-state index in [1.54, 1.807) is 0 Å². The van der Waals surface area contributed by atoms with Gasteiger partial charge >= 0.3 is 5.97 Å². The van der Waals surface area contributed by atoms with Crippen LogP contribution in [0.4, 0.5) is 0 Å². The van der Waals surface area contributed by atoms with Crippen LogP contribution in [-0.4, -0.2) is 25.3 Å². The molecule has 2 unspecified atom stereocenters. The smallest absolute Gasteiger partial charge is 0.306 e. The number of hydrogen-bond donors (Lipinski definition) is 0. The van der Waals surface area contributed by atoms with Crippen molar-refractivity contribution in [2.75, 3.05) is 13.2 Å². The van der Waals surface area contributed by atoms with Gasteiger partial charge in [-0.05, 0) is 31.1 Å². The standard InChI is InChI=1S/C16H32O3/c1-7-8-9-18-12-14(3)19-15(17)10-13(2)11-16(4,5)6/h13-14H,7-12H2,1-6H3. The molecular formula is C16H32O3. The van der Waals surface area contributed by atoms with Gasteiger partial charge in [0.1, 0.15) is 6.10 Å². The molecule has 0 saturated heterocycles. The van der Waals surface area contributed by atoms with Gasteiger partial charge < -0.3 is 9.47 Å². The van der Waals surface area contributed by atoms with Crippen molar-refractivity contribution in [3.63, 3.8) is 0 Å². The zero-order valence-corrected chi connectivity index (χ0v) is 13.6. The number of ether oxygens (including phenoxy) is 2. The quantitative estimate of drug-likeness (QED) is 0.466. The lowest BCUT2D eigenvalue weighted by Crippen LogP contribution is -2.23. The summed E-state index contributed by atoms with van der Waals surface area (Å²) in [5, 5.41) is 0. The Labute approximate surface area is 119 Å². The van der Waals surface area contributed by atoms with Gasteiger partial charge in [0.2, 0.25) is 0 Å². The van der Waals surface area contributed by atoms with Crippen LogP contribution in [0.15, 0.2) is 0 Å². The largest absolute Gasteiger partial charge is 0.460 e. The van der Waals surface area contributed by atoms with Crippen molar-refractivity contribution in [1.29, 1.82) is 0 Å². The first kappa shape index (κ1) is 18.4. The summed E-state index contributed by atoms with van der Waals surface area (Å²) in [4.78, 5) is 11.8. The van der Waals surface area contributed by atoms with Crippen LogP contribution in [0.2, 0.25) is 0 Å². The molecule has 0 aromatic rings. The summed E-state index contributed by atoms with van der Waals surface area (Å²) in [5.74, 6) is 0.254. The van der Waals surface area contributed by atoms with E-state index >= 15 is 0 Å². The van der Waals surface area contributed by atoms with Gasteiger partial charge in [0.25, 0.3) is 0 Å². The van der Waals surface area contributed by atoms with Crippen LogP contribution in [0.1, 0.15) is 67.2 Å². The third-order valence-electron chi connectivity index (χ3n) is 2.80. The summed E-state index contributed by atoms with van der Waals surface area (Å²) in [6.45, 7) is 14.0. The maximum absolute atomic E-state index is 11.8. The molecule has 0 rings (SSSR count). The Morgan fingerprint density at radius 1 is 1.21 bits per heavy atom. The molecule has 114 valence electrons. The Hall–Kier alpha value is -0.570. The lowest BCUT2D eigenvalue weighted by molar-refractivity contribution is -0.152. The SMILES string of the molecule is CCCCOCC(C)OC(=O)CC(C)CC(C)(C)C. The molecule has 19 heavy (non-hydrogen) atoms. The average molecular weight is 272 g/mol. The van der Waals surface area contributed by atoms with Crippen molar-refractivity contribution in [3.05, 3.63) is 0 Å². The molecule has 0 aromatic heterocycles. The number of carbonyl (C=O) groups excluding carboxylic acids is 1. The number of esters is 1. The first-order chi connectivity index (χ1) is 8.74. The zero-order valence-electron chi connectivity index (χ0n) is 13.6. The van der Waals surface area contributed by atoms with Crippen LogP contribution >= 0.6 is 0 Å². The highest BCUT2D eigenvalue weighted by atomic mass is 16.6. The zero-order chi connectivity index (χ0) is 14.9. The second-order valence-corrected chi connectivity index (χ2v) is 6.80. The summed E-state index contributed by atoms with van der Waals surface area (Å²) in [7, 11) is 0. The maximum Gasteiger partial charge on any atom is 0.306 e. The fraction of sp³-hybridized carbons (Fsp3) is 0.938. The minimum absolute atomic E-state index is 0.108. The van der Waals surface area contributed by atoms with Gasteiger partial charge in [0.05, 0.1) is 6.61 Å². The Kier molecular flexibility index (Phi) is 9.07. The van der Waals surface area contributed by atoms with E-state index in [9.17, 15) is 4.79 Å². The van der Waals surface area contributed by atoms with Crippen LogP contribution in [-0.2, 0) is 14.3 Å². The molecule has 0 aliphatic rings. The van der Waals surface area contributed by atoms with E-state index in [1.807, 2.05) is 6.92 Å². The van der Waals surface area contributed by atoms with Gasteiger partial charge in [-0.2, -0.15) is 0 Å². The van der Waals surface area contributed by atoms with Gasteiger partial charge in [-0.25, -0.2) is 0 Å². The number of carbonyl (C=O) groups is 1. The normalized spacial score (nSPS) is 15.1. The molecule has 0 aliphatic heterocycles. The molecule has 3 nitrogen and oxygen atoms in total. The molecule has 0 bridgehead atoms. The predicted octanol–water partition coefficient (Wildman–Crippen LogP) is 4.20. The van der Waals surface area contributed by atoms with Crippen molar-refractivity contribution in [3.8, 4) is 0 Å². The summed E-state index contributed by atoms with van der Waals surface area (Å²) in [6, 6.07) is 0. The molecule has 0 amide bonds. The molecule has 0 heterocycles. The van der Waals surface area contributed by atoms with Crippen LogP contribution < -0.4 is 0 Å². The van der Waals surface area contributed by atoms with Crippen LogP contribution in [0.5, 0.6) is 0 Å². The molecule has 0 fully saturated rings. The monoisotopic (exact) mass is 272 g/mol. The van der Waals surface area contributed by atoms with Crippen molar-refractivity contribution in [2.24, 2.45) is 11.3 Å². The van der Waals surface area contributed by atoms with Gasteiger partial charge in [-0.1, -0.05) is 41.0 Å². The molecule has 0 aromatic carbocycles. The minimum atomic E-state index is -0.147. The third kappa shape index (κ3) is 12.2. The number of unbranched alkanes of at least 4 members (excludes halogenated alkanes) is 1. The Morgan fingerprint density at radius 2 is 1.84 bits per heavy atom. The molecule has 0 spiro atoms. The fourth-order valence-corrected chi connectivity index (χ4v) is 2.20. The highest BCUT2D eigenvalue weighted by molar-refractivity contribution is 5.69. The van der Waals surface area contributed by atoms with Crippen LogP contribution in [0.3, 0.4) is 0 Å². The minimum Gasteiger partial charge on any atom is -0.460 e. The van der Waals surface area contributed by atoms with E-state index in [0.717, 1.165) is 25.9 Å². The third-order valence-corrected chi connectivity index (χ3v) is 2.80.